The van der Waals surface area contributed by atoms with E-state index in [1.165, 1.54) is 0 Å². The number of halogens is 1. The fourth-order valence-electron chi connectivity index (χ4n) is 4.06. The first-order chi connectivity index (χ1) is 16.8. The normalized spacial score (nSPS) is 13.9. The predicted molar refractivity (Wildman–Crippen MR) is 146 cm³/mol. The first kappa shape index (κ1) is 24.7. The number of carbonyl (C=O) groups is 2. The van der Waals surface area contributed by atoms with Crippen molar-refractivity contribution in [3.63, 3.8) is 0 Å². The van der Waals surface area contributed by atoms with Gasteiger partial charge in [0.15, 0.2) is 0 Å². The minimum Gasteiger partial charge on any atom is -0.354 e. The zero-order chi connectivity index (χ0) is 24.9. The first-order valence-corrected chi connectivity index (χ1v) is 12.3. The Morgan fingerprint density at radius 2 is 1.63 bits per heavy atom. The minimum absolute atomic E-state index is 0.00776. The Morgan fingerprint density at radius 3 is 2.31 bits per heavy atom. The summed E-state index contributed by atoms with van der Waals surface area (Å²) < 4.78 is 0.902. The predicted octanol–water partition coefficient (Wildman–Crippen LogP) is 5.41. The van der Waals surface area contributed by atoms with Crippen molar-refractivity contribution < 1.29 is 9.59 Å². The number of benzene rings is 3. The van der Waals surface area contributed by atoms with Crippen LogP contribution in [0.5, 0.6) is 0 Å². The van der Waals surface area contributed by atoms with Gasteiger partial charge in [-0.05, 0) is 69.0 Å². The van der Waals surface area contributed by atoms with Gasteiger partial charge in [-0.3, -0.25) is 9.59 Å². The zero-order valence-electron chi connectivity index (χ0n) is 20.1. The smallest absolute Gasteiger partial charge is 0.258 e. The lowest BCUT2D eigenvalue weighted by Crippen LogP contribution is -2.29. The SMILES string of the molecule is CN(C)CCCN(C)C(=O)c1ccc(N/C(=C2\C(=O)Nc3cc(Br)ccc32)c2ccccc2)cc1. The second-order valence-corrected chi connectivity index (χ2v) is 9.76. The molecule has 0 saturated heterocycles. The van der Waals surface area contributed by atoms with Crippen molar-refractivity contribution in [2.24, 2.45) is 0 Å². The lowest BCUT2D eigenvalue weighted by Gasteiger charge is -2.19. The number of hydrogen-bond donors (Lipinski definition) is 2. The summed E-state index contributed by atoms with van der Waals surface area (Å²) >= 11 is 3.47. The number of nitrogens with zero attached hydrogens (tertiary/aromatic N) is 2. The van der Waals surface area contributed by atoms with Gasteiger partial charge in [0, 0.05) is 34.9 Å². The van der Waals surface area contributed by atoms with Gasteiger partial charge in [0.25, 0.3) is 11.8 Å². The number of fused-ring (bicyclic) bond motifs is 1. The molecule has 1 aliphatic heterocycles. The Hall–Kier alpha value is -3.42. The van der Waals surface area contributed by atoms with E-state index in [0.717, 1.165) is 39.9 Å². The van der Waals surface area contributed by atoms with Crippen molar-refractivity contribution in [1.29, 1.82) is 0 Å². The van der Waals surface area contributed by atoms with Crippen LogP contribution in [0.25, 0.3) is 11.3 Å². The van der Waals surface area contributed by atoms with Gasteiger partial charge in [0.1, 0.15) is 0 Å². The molecule has 35 heavy (non-hydrogen) atoms. The van der Waals surface area contributed by atoms with Crippen LogP contribution in [-0.2, 0) is 4.79 Å². The van der Waals surface area contributed by atoms with Crippen LogP contribution in [0.2, 0.25) is 0 Å². The van der Waals surface area contributed by atoms with Crippen molar-refractivity contribution >= 4 is 50.4 Å². The Kier molecular flexibility index (Phi) is 7.68. The highest BCUT2D eigenvalue weighted by molar-refractivity contribution is 9.10. The number of carbonyl (C=O) groups excluding carboxylic acids is 2. The standard InChI is InChI=1S/C28H29BrN4O2/c1-32(2)16-7-17-33(3)28(35)20-10-13-22(14-11-20)30-26(19-8-5-4-6-9-19)25-23-15-12-21(29)18-24(23)31-27(25)34/h4-6,8-15,18,30H,7,16-17H2,1-3H3,(H,31,34)/b26-25-. The fourth-order valence-corrected chi connectivity index (χ4v) is 4.42. The van der Waals surface area contributed by atoms with Crippen molar-refractivity contribution in [2.75, 3.05) is 44.9 Å². The van der Waals surface area contributed by atoms with Crippen molar-refractivity contribution in [3.05, 3.63) is 94.0 Å². The maximum absolute atomic E-state index is 13.0. The molecule has 0 spiro atoms. The summed E-state index contributed by atoms with van der Waals surface area (Å²) in [5.41, 5.74) is 5.23. The van der Waals surface area contributed by atoms with Crippen molar-refractivity contribution in [2.45, 2.75) is 6.42 Å². The molecule has 0 fully saturated rings. The Bertz CT molecular complexity index is 1250. The molecule has 0 unspecified atom stereocenters. The number of rotatable bonds is 8. The Balaban J connectivity index is 1.61. The average molecular weight is 533 g/mol. The molecule has 0 aliphatic carbocycles. The molecule has 0 aromatic heterocycles. The third kappa shape index (κ3) is 5.81. The number of nitrogens with one attached hydrogen (secondary N) is 2. The molecule has 180 valence electrons. The van der Waals surface area contributed by atoms with Gasteiger partial charge in [-0.25, -0.2) is 0 Å². The number of hydrogen-bond acceptors (Lipinski definition) is 4. The second kappa shape index (κ2) is 10.9. The summed E-state index contributed by atoms with van der Waals surface area (Å²) in [4.78, 5) is 29.7. The van der Waals surface area contributed by atoms with E-state index in [0.29, 0.717) is 23.4 Å². The highest BCUT2D eigenvalue weighted by Crippen LogP contribution is 2.38. The van der Waals surface area contributed by atoms with Crippen LogP contribution < -0.4 is 10.6 Å². The van der Waals surface area contributed by atoms with Gasteiger partial charge in [-0.15, -0.1) is 0 Å². The topological polar surface area (TPSA) is 64.7 Å². The quantitative estimate of drug-likeness (QED) is 0.381. The monoisotopic (exact) mass is 532 g/mol. The molecule has 2 N–H and O–H groups in total. The second-order valence-electron chi connectivity index (χ2n) is 8.85. The van der Waals surface area contributed by atoms with E-state index in [1.54, 1.807) is 4.90 Å². The molecule has 0 radical (unpaired) electrons. The third-order valence-electron chi connectivity index (χ3n) is 5.89. The summed E-state index contributed by atoms with van der Waals surface area (Å²) in [6, 6.07) is 22.9. The third-order valence-corrected chi connectivity index (χ3v) is 6.38. The summed E-state index contributed by atoms with van der Waals surface area (Å²) in [6.45, 7) is 1.64. The van der Waals surface area contributed by atoms with Gasteiger partial charge in [-0.2, -0.15) is 0 Å². The van der Waals surface area contributed by atoms with Crippen LogP contribution in [0.3, 0.4) is 0 Å². The van der Waals surface area contributed by atoms with E-state index in [9.17, 15) is 9.59 Å². The molecule has 2 amide bonds. The van der Waals surface area contributed by atoms with Crippen molar-refractivity contribution in [3.8, 4) is 0 Å². The van der Waals surface area contributed by atoms with Crippen molar-refractivity contribution in [1.82, 2.24) is 9.80 Å². The van der Waals surface area contributed by atoms with Crippen LogP contribution in [-0.4, -0.2) is 55.8 Å². The summed E-state index contributed by atoms with van der Waals surface area (Å²) in [5.74, 6) is -0.165. The molecule has 3 aromatic carbocycles. The molecule has 3 aromatic rings. The molecule has 6 nitrogen and oxygen atoms in total. The highest BCUT2D eigenvalue weighted by Gasteiger charge is 2.28. The molecule has 0 atom stereocenters. The number of anilines is 2. The summed E-state index contributed by atoms with van der Waals surface area (Å²) in [7, 11) is 5.88. The van der Waals surface area contributed by atoms with Gasteiger partial charge < -0.3 is 20.4 Å². The lowest BCUT2D eigenvalue weighted by atomic mass is 10.00. The average Bonchev–Trinajstić information content (AvgIpc) is 3.17. The molecule has 0 saturated carbocycles. The van der Waals surface area contributed by atoms with E-state index >= 15 is 0 Å². The Morgan fingerprint density at radius 1 is 0.914 bits per heavy atom. The maximum atomic E-state index is 13.0. The fraction of sp³-hybridized carbons (Fsp3) is 0.214. The molecule has 7 heteroatoms. The van der Waals surface area contributed by atoms with Crippen LogP contribution >= 0.6 is 15.9 Å². The van der Waals surface area contributed by atoms with E-state index < -0.39 is 0 Å². The van der Waals surface area contributed by atoms with Crippen LogP contribution in [0.4, 0.5) is 11.4 Å². The maximum Gasteiger partial charge on any atom is 0.258 e. The molecule has 1 aliphatic rings. The summed E-state index contributed by atoms with van der Waals surface area (Å²) in [6.07, 6.45) is 0.920. The van der Waals surface area contributed by atoms with Crippen LogP contribution in [0.1, 0.15) is 27.9 Å². The molecular weight excluding hydrogens is 504 g/mol. The van der Waals surface area contributed by atoms with Crippen LogP contribution in [0.15, 0.2) is 77.3 Å². The van der Waals surface area contributed by atoms with Gasteiger partial charge in [-0.1, -0.05) is 52.3 Å². The van der Waals surface area contributed by atoms with Crippen LogP contribution in [0, 0.1) is 0 Å². The lowest BCUT2D eigenvalue weighted by molar-refractivity contribution is -0.110. The summed E-state index contributed by atoms with van der Waals surface area (Å²) in [5, 5.41) is 6.41. The number of amides is 2. The van der Waals surface area contributed by atoms with E-state index in [2.05, 4.69) is 31.5 Å². The highest BCUT2D eigenvalue weighted by atomic mass is 79.9. The van der Waals surface area contributed by atoms with Gasteiger partial charge in [0.05, 0.1) is 17.0 Å². The van der Waals surface area contributed by atoms with E-state index in [1.807, 2.05) is 93.9 Å². The molecule has 0 bridgehead atoms. The zero-order valence-corrected chi connectivity index (χ0v) is 21.7. The first-order valence-electron chi connectivity index (χ1n) is 11.5. The molecule has 1 heterocycles. The largest absolute Gasteiger partial charge is 0.354 e. The van der Waals surface area contributed by atoms with Gasteiger partial charge >= 0.3 is 0 Å². The Labute approximate surface area is 214 Å². The molecule has 4 rings (SSSR count). The van der Waals surface area contributed by atoms with E-state index in [-0.39, 0.29) is 11.8 Å². The van der Waals surface area contributed by atoms with Gasteiger partial charge in [0.2, 0.25) is 0 Å². The minimum atomic E-state index is -0.157. The van der Waals surface area contributed by atoms with E-state index in [4.69, 9.17) is 0 Å². The molecular formula is C28H29BrN4O2.